The van der Waals surface area contributed by atoms with E-state index in [2.05, 4.69) is 33.2 Å². The van der Waals surface area contributed by atoms with E-state index in [0.29, 0.717) is 12.0 Å². The van der Waals surface area contributed by atoms with Crippen LogP contribution in [0.2, 0.25) is 0 Å². The van der Waals surface area contributed by atoms with Crippen LogP contribution >= 0.6 is 15.9 Å². The number of hydrogen-bond donors (Lipinski definition) is 1. The molecule has 4 heteroatoms. The molecular weight excluding hydrogens is 280 g/mol. The van der Waals surface area contributed by atoms with Gasteiger partial charge in [-0.2, -0.15) is 0 Å². The number of pyridine rings is 1. The Labute approximate surface area is 111 Å². The number of halogens is 1. The van der Waals surface area contributed by atoms with Gasteiger partial charge in [0.2, 0.25) is 0 Å². The summed E-state index contributed by atoms with van der Waals surface area (Å²) in [6.07, 6.45) is 2.67. The van der Waals surface area contributed by atoms with Gasteiger partial charge >= 0.3 is 0 Å². The first kappa shape index (κ1) is 12.8. The first-order valence-corrected chi connectivity index (χ1v) is 6.98. The largest absolute Gasteiger partial charge is 0.378 e. The van der Waals surface area contributed by atoms with Crippen LogP contribution in [0.15, 0.2) is 16.6 Å². The second kappa shape index (κ2) is 5.83. The maximum atomic E-state index is 5.68. The van der Waals surface area contributed by atoms with Gasteiger partial charge in [-0.25, -0.2) is 4.98 Å². The van der Waals surface area contributed by atoms with E-state index in [0.717, 1.165) is 42.0 Å². The van der Waals surface area contributed by atoms with Crippen molar-refractivity contribution < 1.29 is 4.74 Å². The highest BCUT2D eigenvalue weighted by molar-refractivity contribution is 9.10. The summed E-state index contributed by atoms with van der Waals surface area (Å²) in [4.78, 5) is 4.49. The lowest BCUT2D eigenvalue weighted by Gasteiger charge is -2.17. The number of nitrogens with one attached hydrogen (secondary N) is 1. The molecule has 1 N–H and O–H groups in total. The van der Waals surface area contributed by atoms with Gasteiger partial charge in [0.1, 0.15) is 5.82 Å². The first-order valence-electron chi connectivity index (χ1n) is 6.19. The molecule has 2 heterocycles. The van der Waals surface area contributed by atoms with Crippen LogP contribution < -0.4 is 5.32 Å². The Bertz CT molecular complexity index is 384. The molecule has 17 heavy (non-hydrogen) atoms. The fraction of sp³-hybridized carbons (Fsp3) is 0.615. The molecule has 1 aliphatic rings. The van der Waals surface area contributed by atoms with Crippen LogP contribution in [0.5, 0.6) is 0 Å². The zero-order chi connectivity index (χ0) is 12.3. The number of aryl methyl sites for hydroxylation is 1. The summed E-state index contributed by atoms with van der Waals surface area (Å²) < 4.78 is 6.73. The van der Waals surface area contributed by atoms with E-state index in [1.54, 1.807) is 0 Å². The van der Waals surface area contributed by atoms with Crippen LogP contribution in [0.25, 0.3) is 0 Å². The monoisotopic (exact) mass is 298 g/mol. The van der Waals surface area contributed by atoms with E-state index in [4.69, 9.17) is 4.74 Å². The molecule has 2 atom stereocenters. The van der Waals surface area contributed by atoms with E-state index < -0.39 is 0 Å². The lowest BCUT2D eigenvalue weighted by Crippen LogP contribution is -2.23. The maximum Gasteiger partial charge on any atom is 0.126 e. The summed E-state index contributed by atoms with van der Waals surface area (Å²) in [5.74, 6) is 1.57. The van der Waals surface area contributed by atoms with Gasteiger partial charge in [0, 0.05) is 23.5 Å². The molecule has 0 bridgehead atoms. The predicted octanol–water partition coefficient (Wildman–Crippen LogP) is 3.38. The van der Waals surface area contributed by atoms with Crippen molar-refractivity contribution in [1.29, 1.82) is 0 Å². The predicted molar refractivity (Wildman–Crippen MR) is 73.3 cm³/mol. The van der Waals surface area contributed by atoms with Crippen LogP contribution in [-0.4, -0.2) is 24.2 Å². The second-order valence-electron chi connectivity index (χ2n) is 4.51. The Balaban J connectivity index is 1.91. The Kier molecular flexibility index (Phi) is 4.40. The summed E-state index contributed by atoms with van der Waals surface area (Å²) in [7, 11) is 0. The minimum Gasteiger partial charge on any atom is -0.378 e. The quantitative estimate of drug-likeness (QED) is 0.925. The third-order valence-electron chi connectivity index (χ3n) is 3.32. The van der Waals surface area contributed by atoms with Crippen molar-refractivity contribution in [2.24, 2.45) is 5.92 Å². The summed E-state index contributed by atoms with van der Waals surface area (Å²) in [6, 6.07) is 4.04. The minimum absolute atomic E-state index is 0.416. The molecule has 0 radical (unpaired) electrons. The van der Waals surface area contributed by atoms with Crippen LogP contribution in [0, 0.1) is 12.8 Å². The van der Waals surface area contributed by atoms with Gasteiger partial charge in [0.25, 0.3) is 0 Å². The Morgan fingerprint density at radius 2 is 2.35 bits per heavy atom. The van der Waals surface area contributed by atoms with Crippen LogP contribution in [0.1, 0.15) is 25.5 Å². The number of aromatic nitrogens is 1. The van der Waals surface area contributed by atoms with Crippen molar-refractivity contribution in [2.45, 2.75) is 32.8 Å². The first-order chi connectivity index (χ1) is 8.20. The number of ether oxygens (including phenoxy) is 1. The minimum atomic E-state index is 0.416. The van der Waals surface area contributed by atoms with Gasteiger partial charge in [-0.05, 0) is 47.8 Å². The van der Waals surface area contributed by atoms with Crippen LogP contribution in [-0.2, 0) is 4.74 Å². The van der Waals surface area contributed by atoms with Crippen LogP contribution in [0.4, 0.5) is 5.82 Å². The lowest BCUT2D eigenvalue weighted by atomic mass is 10.00. The SMILES string of the molecule is CCC1OCCC1CNc1ccc(Br)c(C)n1. The van der Waals surface area contributed by atoms with Crippen molar-refractivity contribution in [3.63, 3.8) is 0 Å². The van der Waals surface area contributed by atoms with E-state index in [-0.39, 0.29) is 0 Å². The molecule has 0 aromatic carbocycles. The normalized spacial score (nSPS) is 23.9. The maximum absolute atomic E-state index is 5.68. The van der Waals surface area contributed by atoms with Crippen molar-refractivity contribution in [1.82, 2.24) is 4.98 Å². The number of rotatable bonds is 4. The molecule has 1 aromatic rings. The molecule has 3 nitrogen and oxygen atoms in total. The van der Waals surface area contributed by atoms with Gasteiger partial charge in [0.15, 0.2) is 0 Å². The third-order valence-corrected chi connectivity index (χ3v) is 4.15. The summed E-state index contributed by atoms with van der Waals surface area (Å²) in [6.45, 7) is 6.04. The van der Waals surface area contributed by atoms with E-state index >= 15 is 0 Å². The van der Waals surface area contributed by atoms with Crippen molar-refractivity contribution in [3.8, 4) is 0 Å². The van der Waals surface area contributed by atoms with E-state index in [9.17, 15) is 0 Å². The van der Waals surface area contributed by atoms with Crippen molar-refractivity contribution in [3.05, 3.63) is 22.3 Å². The Morgan fingerprint density at radius 1 is 1.53 bits per heavy atom. The highest BCUT2D eigenvalue weighted by Crippen LogP contribution is 2.24. The number of hydrogen-bond acceptors (Lipinski definition) is 3. The average molecular weight is 299 g/mol. The highest BCUT2D eigenvalue weighted by atomic mass is 79.9. The molecule has 1 aromatic heterocycles. The van der Waals surface area contributed by atoms with Gasteiger partial charge in [0.05, 0.1) is 11.8 Å². The molecular formula is C13H19BrN2O. The van der Waals surface area contributed by atoms with Crippen molar-refractivity contribution in [2.75, 3.05) is 18.5 Å². The molecule has 0 spiro atoms. The van der Waals surface area contributed by atoms with Gasteiger partial charge in [-0.3, -0.25) is 0 Å². The molecule has 1 aliphatic heterocycles. The topological polar surface area (TPSA) is 34.1 Å². The van der Waals surface area contributed by atoms with Gasteiger partial charge in [-0.1, -0.05) is 6.92 Å². The summed E-state index contributed by atoms with van der Waals surface area (Å²) in [5, 5.41) is 3.41. The summed E-state index contributed by atoms with van der Waals surface area (Å²) >= 11 is 3.46. The zero-order valence-corrected chi connectivity index (χ0v) is 12.0. The van der Waals surface area contributed by atoms with E-state index in [1.807, 2.05) is 19.1 Å². The summed E-state index contributed by atoms with van der Waals surface area (Å²) in [5.41, 5.74) is 1.02. The van der Waals surface area contributed by atoms with Crippen molar-refractivity contribution >= 4 is 21.7 Å². The molecule has 94 valence electrons. The van der Waals surface area contributed by atoms with Crippen LogP contribution in [0.3, 0.4) is 0 Å². The van der Waals surface area contributed by atoms with Gasteiger partial charge < -0.3 is 10.1 Å². The smallest absolute Gasteiger partial charge is 0.126 e. The Hall–Kier alpha value is -0.610. The molecule has 0 amide bonds. The molecule has 1 saturated heterocycles. The molecule has 0 saturated carbocycles. The number of anilines is 1. The molecule has 2 unspecified atom stereocenters. The standard InChI is InChI=1S/C13H19BrN2O/c1-3-12-10(6-7-17-12)8-15-13-5-4-11(14)9(2)16-13/h4-5,10,12H,3,6-8H2,1-2H3,(H,15,16). The fourth-order valence-corrected chi connectivity index (χ4v) is 2.48. The highest BCUT2D eigenvalue weighted by Gasteiger charge is 2.26. The lowest BCUT2D eigenvalue weighted by molar-refractivity contribution is 0.0900. The number of nitrogens with zero attached hydrogens (tertiary/aromatic N) is 1. The zero-order valence-electron chi connectivity index (χ0n) is 10.4. The molecule has 2 rings (SSSR count). The molecule has 0 aliphatic carbocycles. The molecule has 1 fully saturated rings. The van der Waals surface area contributed by atoms with Gasteiger partial charge in [-0.15, -0.1) is 0 Å². The second-order valence-corrected chi connectivity index (χ2v) is 5.37. The van der Waals surface area contributed by atoms with E-state index in [1.165, 1.54) is 0 Å². The third kappa shape index (κ3) is 3.19. The Morgan fingerprint density at radius 3 is 3.06 bits per heavy atom. The average Bonchev–Trinajstić information content (AvgIpc) is 2.78. The fourth-order valence-electron chi connectivity index (χ4n) is 2.26.